The lowest BCUT2D eigenvalue weighted by Crippen LogP contribution is -2.54. The van der Waals surface area contributed by atoms with Crippen LogP contribution in [0.15, 0.2) is 50.9 Å². The van der Waals surface area contributed by atoms with E-state index in [0.717, 1.165) is 9.37 Å². The molecule has 1 fully saturated rings. The van der Waals surface area contributed by atoms with Crippen LogP contribution in [0.5, 0.6) is 11.5 Å². The van der Waals surface area contributed by atoms with Crippen LogP contribution in [0.3, 0.4) is 0 Å². The summed E-state index contributed by atoms with van der Waals surface area (Å²) in [5, 5.41) is 2.17. The van der Waals surface area contributed by atoms with E-state index in [2.05, 4.69) is 37.2 Å². The molecule has 32 heavy (non-hydrogen) atoms. The van der Waals surface area contributed by atoms with Crippen LogP contribution in [0.25, 0.3) is 6.08 Å². The molecule has 0 aliphatic carbocycles. The maximum absolute atomic E-state index is 13.0. The first-order chi connectivity index (χ1) is 15.2. The number of anilines is 1. The quantitative estimate of drug-likeness (QED) is 0.391. The number of nitrogens with zero attached hydrogens (tertiary/aromatic N) is 1. The number of halogens is 2. The second-order valence-corrected chi connectivity index (χ2v) is 8.22. The maximum atomic E-state index is 13.0. The van der Waals surface area contributed by atoms with E-state index in [4.69, 9.17) is 15.2 Å². The molecule has 2 aromatic rings. The SMILES string of the molecule is CCOc1cc(/C=C2\C(=O)NC(=O)N(c3ccc(Br)cc3)C2=O)cc(Br)c1OCC(N)=O. The van der Waals surface area contributed by atoms with Crippen molar-refractivity contribution in [2.45, 2.75) is 6.92 Å². The molecule has 0 aromatic heterocycles. The standard InChI is InChI=1S/C21H17Br2N3O6/c1-2-31-16-9-11(8-15(23)18(16)32-10-17(24)27)7-14-19(28)25-21(30)26(20(14)29)13-5-3-12(22)4-6-13/h3-9H,2,10H2,1H3,(H2,24,27)(H,25,28,30)/b14-7+. The summed E-state index contributed by atoms with van der Waals surface area (Å²) in [7, 11) is 0. The number of urea groups is 1. The van der Waals surface area contributed by atoms with Crippen molar-refractivity contribution >= 4 is 67.4 Å². The number of barbiturate groups is 1. The van der Waals surface area contributed by atoms with Crippen molar-refractivity contribution in [3.8, 4) is 11.5 Å². The fourth-order valence-corrected chi connectivity index (χ4v) is 3.70. The van der Waals surface area contributed by atoms with E-state index >= 15 is 0 Å². The van der Waals surface area contributed by atoms with Crippen molar-refractivity contribution in [3.05, 3.63) is 56.5 Å². The minimum atomic E-state index is -0.842. The molecule has 5 amide bonds. The fraction of sp³-hybridized carbons (Fsp3) is 0.143. The molecule has 166 valence electrons. The molecule has 1 saturated heterocycles. The van der Waals surface area contributed by atoms with Gasteiger partial charge in [-0.15, -0.1) is 0 Å². The zero-order valence-corrected chi connectivity index (χ0v) is 19.9. The first-order valence-electron chi connectivity index (χ1n) is 9.25. The zero-order chi connectivity index (χ0) is 23.4. The number of nitrogens with one attached hydrogen (secondary N) is 1. The number of hydrogen-bond donors (Lipinski definition) is 2. The van der Waals surface area contributed by atoms with Crippen LogP contribution in [-0.2, 0) is 14.4 Å². The molecular weight excluding hydrogens is 550 g/mol. The maximum Gasteiger partial charge on any atom is 0.335 e. The third-order valence-electron chi connectivity index (χ3n) is 4.19. The normalized spacial score (nSPS) is 15.0. The Kier molecular flexibility index (Phi) is 7.31. The van der Waals surface area contributed by atoms with Crippen LogP contribution in [0, 0.1) is 0 Å². The highest BCUT2D eigenvalue weighted by Gasteiger charge is 2.36. The molecule has 3 N–H and O–H groups in total. The summed E-state index contributed by atoms with van der Waals surface area (Å²) < 4.78 is 12.1. The second kappa shape index (κ2) is 9.96. The van der Waals surface area contributed by atoms with Gasteiger partial charge in [-0.2, -0.15) is 0 Å². The van der Waals surface area contributed by atoms with Crippen molar-refractivity contribution in [3.63, 3.8) is 0 Å². The number of rotatable bonds is 7. The zero-order valence-electron chi connectivity index (χ0n) is 16.7. The average molecular weight is 567 g/mol. The summed E-state index contributed by atoms with van der Waals surface area (Å²) in [6.07, 6.45) is 1.33. The Morgan fingerprint density at radius 3 is 2.44 bits per heavy atom. The molecule has 1 aliphatic heterocycles. The van der Waals surface area contributed by atoms with E-state index in [1.54, 1.807) is 43.3 Å². The summed E-state index contributed by atoms with van der Waals surface area (Å²) in [6.45, 7) is 1.70. The molecule has 0 bridgehead atoms. The third kappa shape index (κ3) is 5.17. The van der Waals surface area contributed by atoms with Crippen LogP contribution >= 0.6 is 31.9 Å². The van der Waals surface area contributed by atoms with Gasteiger partial charge in [0.1, 0.15) is 5.57 Å². The largest absolute Gasteiger partial charge is 0.490 e. The van der Waals surface area contributed by atoms with Gasteiger partial charge in [-0.25, -0.2) is 9.69 Å². The third-order valence-corrected chi connectivity index (χ3v) is 5.31. The van der Waals surface area contributed by atoms with Crippen molar-refractivity contribution in [1.82, 2.24) is 5.32 Å². The van der Waals surface area contributed by atoms with Gasteiger partial charge in [0.05, 0.1) is 16.8 Å². The van der Waals surface area contributed by atoms with Gasteiger partial charge < -0.3 is 15.2 Å². The Hall–Kier alpha value is -3.18. The molecule has 9 nitrogen and oxygen atoms in total. The van der Waals surface area contributed by atoms with Crippen LogP contribution in [0.2, 0.25) is 0 Å². The van der Waals surface area contributed by atoms with Crippen molar-refractivity contribution in [2.75, 3.05) is 18.1 Å². The summed E-state index contributed by atoms with van der Waals surface area (Å²) in [5.74, 6) is -1.73. The number of hydrogen-bond acceptors (Lipinski definition) is 6. The summed E-state index contributed by atoms with van der Waals surface area (Å²) in [6, 6.07) is 8.77. The number of ether oxygens (including phenoxy) is 2. The Morgan fingerprint density at radius 2 is 1.81 bits per heavy atom. The Labute approximate surface area is 199 Å². The molecule has 2 aromatic carbocycles. The molecule has 1 aliphatic rings. The van der Waals surface area contributed by atoms with Gasteiger partial charge in [-0.1, -0.05) is 15.9 Å². The highest BCUT2D eigenvalue weighted by Crippen LogP contribution is 2.38. The number of amides is 5. The lowest BCUT2D eigenvalue weighted by atomic mass is 10.1. The average Bonchev–Trinajstić information content (AvgIpc) is 2.72. The van der Waals surface area contributed by atoms with Gasteiger partial charge in [-0.3, -0.25) is 19.7 Å². The van der Waals surface area contributed by atoms with E-state index in [9.17, 15) is 19.2 Å². The van der Waals surface area contributed by atoms with Gasteiger partial charge in [-0.05, 0) is 70.9 Å². The monoisotopic (exact) mass is 565 g/mol. The number of imide groups is 2. The topological polar surface area (TPSA) is 128 Å². The van der Waals surface area contributed by atoms with E-state index < -0.39 is 23.8 Å². The number of primary amides is 1. The molecule has 11 heteroatoms. The molecule has 3 rings (SSSR count). The molecule has 0 unspecified atom stereocenters. The predicted octanol–water partition coefficient (Wildman–Crippen LogP) is 3.14. The van der Waals surface area contributed by atoms with E-state index in [1.165, 1.54) is 6.08 Å². The van der Waals surface area contributed by atoms with Gasteiger partial charge >= 0.3 is 6.03 Å². The Morgan fingerprint density at radius 1 is 1.12 bits per heavy atom. The van der Waals surface area contributed by atoms with Crippen LogP contribution in [-0.4, -0.2) is 37.0 Å². The minimum Gasteiger partial charge on any atom is -0.490 e. The van der Waals surface area contributed by atoms with Crippen LogP contribution in [0.4, 0.5) is 10.5 Å². The van der Waals surface area contributed by atoms with Gasteiger partial charge in [0, 0.05) is 4.47 Å². The number of nitrogens with two attached hydrogens (primary N) is 1. The molecule has 1 heterocycles. The first-order valence-corrected chi connectivity index (χ1v) is 10.8. The minimum absolute atomic E-state index is 0.243. The second-order valence-electron chi connectivity index (χ2n) is 6.45. The first kappa shape index (κ1) is 23.5. The summed E-state index contributed by atoms with van der Waals surface area (Å²) >= 11 is 6.63. The van der Waals surface area contributed by atoms with E-state index in [1.807, 2.05) is 0 Å². The molecular formula is C21H17Br2N3O6. The van der Waals surface area contributed by atoms with Crippen molar-refractivity contribution in [1.29, 1.82) is 0 Å². The molecule has 0 saturated carbocycles. The lowest BCUT2D eigenvalue weighted by Gasteiger charge is -2.26. The van der Waals surface area contributed by atoms with Gasteiger partial charge in [0.2, 0.25) is 0 Å². The highest BCUT2D eigenvalue weighted by atomic mass is 79.9. The van der Waals surface area contributed by atoms with Crippen LogP contribution in [0.1, 0.15) is 12.5 Å². The summed E-state index contributed by atoms with van der Waals surface area (Å²) in [5.41, 5.74) is 5.62. The van der Waals surface area contributed by atoms with Crippen molar-refractivity contribution < 1.29 is 28.7 Å². The summed E-state index contributed by atoms with van der Waals surface area (Å²) in [4.78, 5) is 49.7. The van der Waals surface area contributed by atoms with Gasteiger partial charge in [0.25, 0.3) is 17.7 Å². The van der Waals surface area contributed by atoms with E-state index in [0.29, 0.717) is 22.3 Å². The smallest absolute Gasteiger partial charge is 0.335 e. The number of carbonyl (C=O) groups is 4. The van der Waals surface area contributed by atoms with Gasteiger partial charge in [0.15, 0.2) is 18.1 Å². The van der Waals surface area contributed by atoms with Crippen LogP contribution < -0.4 is 25.4 Å². The Bertz CT molecular complexity index is 1130. The fourth-order valence-electron chi connectivity index (χ4n) is 2.87. The lowest BCUT2D eigenvalue weighted by molar-refractivity contribution is -0.123. The Balaban J connectivity index is 2.00. The van der Waals surface area contributed by atoms with E-state index in [-0.39, 0.29) is 23.7 Å². The predicted molar refractivity (Wildman–Crippen MR) is 123 cm³/mol. The molecule has 0 atom stereocenters. The highest BCUT2D eigenvalue weighted by molar-refractivity contribution is 9.10. The molecule has 0 spiro atoms. The van der Waals surface area contributed by atoms with Crippen molar-refractivity contribution in [2.24, 2.45) is 5.73 Å². The molecule has 0 radical (unpaired) electrons. The number of benzene rings is 2. The number of carbonyl (C=O) groups excluding carboxylic acids is 4.